The first-order valence-corrected chi connectivity index (χ1v) is 5.93. The van der Waals surface area contributed by atoms with Gasteiger partial charge in [-0.1, -0.05) is 6.92 Å². The van der Waals surface area contributed by atoms with Crippen LogP contribution >= 0.6 is 0 Å². The molecule has 2 rings (SSSR count). The molecule has 1 aromatic carbocycles. The highest BCUT2D eigenvalue weighted by molar-refractivity contribution is 6.06. The van der Waals surface area contributed by atoms with E-state index in [1.54, 1.807) is 24.3 Å². The molecule has 0 atom stereocenters. The van der Waals surface area contributed by atoms with Crippen molar-refractivity contribution in [3.05, 3.63) is 35.5 Å². The van der Waals surface area contributed by atoms with Crippen LogP contribution in [0.5, 0.6) is 5.75 Å². The maximum atomic E-state index is 12.1. The lowest BCUT2D eigenvalue weighted by atomic mass is 10.1. The van der Waals surface area contributed by atoms with Crippen LogP contribution in [-0.4, -0.2) is 23.2 Å². The fourth-order valence-corrected chi connectivity index (χ4v) is 1.69. The van der Waals surface area contributed by atoms with Crippen LogP contribution in [0.1, 0.15) is 23.0 Å². The van der Waals surface area contributed by atoms with E-state index in [1.807, 2.05) is 6.92 Å². The number of H-pyrrole nitrogens is 1. The van der Waals surface area contributed by atoms with Crippen molar-refractivity contribution in [3.63, 3.8) is 0 Å². The number of nitrogens with two attached hydrogens (primary N) is 1. The molecule has 0 aliphatic heterocycles. The summed E-state index contributed by atoms with van der Waals surface area (Å²) in [4.78, 5) is 12.1. The first kappa shape index (κ1) is 12.9. The Morgan fingerprint density at radius 1 is 1.47 bits per heavy atom. The summed E-state index contributed by atoms with van der Waals surface area (Å²) in [6.07, 6.45) is 0.827. The third kappa shape index (κ3) is 2.85. The Morgan fingerprint density at radius 3 is 2.89 bits per heavy atom. The van der Waals surface area contributed by atoms with Gasteiger partial charge in [0.1, 0.15) is 5.75 Å². The lowest BCUT2D eigenvalue weighted by Crippen LogP contribution is -2.13. The number of aromatic amines is 1. The fourth-order valence-electron chi connectivity index (χ4n) is 1.69. The van der Waals surface area contributed by atoms with Gasteiger partial charge in [0.05, 0.1) is 12.7 Å². The number of carbonyl (C=O) groups is 1. The van der Waals surface area contributed by atoms with Crippen molar-refractivity contribution < 1.29 is 9.53 Å². The summed E-state index contributed by atoms with van der Waals surface area (Å²) in [5.41, 5.74) is 7.56. The highest BCUT2D eigenvalue weighted by atomic mass is 16.5. The van der Waals surface area contributed by atoms with Gasteiger partial charge in [0.25, 0.3) is 5.91 Å². The van der Waals surface area contributed by atoms with Gasteiger partial charge < -0.3 is 15.8 Å². The maximum Gasteiger partial charge on any atom is 0.260 e. The molecule has 0 saturated heterocycles. The van der Waals surface area contributed by atoms with Gasteiger partial charge >= 0.3 is 0 Å². The molecule has 0 bridgehead atoms. The molecule has 6 nitrogen and oxygen atoms in total. The summed E-state index contributed by atoms with van der Waals surface area (Å²) in [7, 11) is 1.50. The SMILES string of the molecule is CCc1cc(NC(=O)c2ccc(N)cc2OC)n[nH]1. The van der Waals surface area contributed by atoms with Gasteiger partial charge in [-0.15, -0.1) is 0 Å². The van der Waals surface area contributed by atoms with Crippen molar-refractivity contribution in [2.45, 2.75) is 13.3 Å². The number of amides is 1. The van der Waals surface area contributed by atoms with Crippen molar-refractivity contribution in [1.29, 1.82) is 0 Å². The van der Waals surface area contributed by atoms with E-state index in [0.717, 1.165) is 12.1 Å². The average molecular weight is 260 g/mol. The average Bonchev–Trinajstić information content (AvgIpc) is 2.86. The van der Waals surface area contributed by atoms with Gasteiger partial charge in [0.15, 0.2) is 5.82 Å². The predicted molar refractivity (Wildman–Crippen MR) is 73.3 cm³/mol. The Kier molecular flexibility index (Phi) is 3.70. The van der Waals surface area contributed by atoms with E-state index in [0.29, 0.717) is 22.8 Å². The van der Waals surface area contributed by atoms with Gasteiger partial charge in [0.2, 0.25) is 0 Å². The van der Waals surface area contributed by atoms with Crippen molar-refractivity contribution in [2.75, 3.05) is 18.2 Å². The minimum absolute atomic E-state index is 0.286. The second-order valence-electron chi connectivity index (χ2n) is 4.05. The number of carbonyl (C=O) groups excluding carboxylic acids is 1. The van der Waals surface area contributed by atoms with Crippen LogP contribution in [0, 0.1) is 0 Å². The van der Waals surface area contributed by atoms with Crippen LogP contribution in [0.3, 0.4) is 0 Å². The molecular formula is C13H16N4O2. The number of ether oxygens (including phenoxy) is 1. The molecule has 1 amide bonds. The molecule has 0 fully saturated rings. The van der Waals surface area contributed by atoms with Crippen LogP contribution in [0.25, 0.3) is 0 Å². The topological polar surface area (TPSA) is 93.0 Å². The smallest absolute Gasteiger partial charge is 0.260 e. The molecule has 19 heavy (non-hydrogen) atoms. The van der Waals surface area contributed by atoms with E-state index < -0.39 is 0 Å². The summed E-state index contributed by atoms with van der Waals surface area (Å²) in [5, 5.41) is 9.54. The summed E-state index contributed by atoms with van der Waals surface area (Å²) >= 11 is 0. The van der Waals surface area contributed by atoms with Gasteiger partial charge in [0, 0.05) is 23.5 Å². The van der Waals surface area contributed by atoms with Crippen LogP contribution in [0.15, 0.2) is 24.3 Å². The van der Waals surface area contributed by atoms with E-state index in [-0.39, 0.29) is 5.91 Å². The monoisotopic (exact) mass is 260 g/mol. The number of hydrogen-bond acceptors (Lipinski definition) is 4. The van der Waals surface area contributed by atoms with Crippen molar-refractivity contribution in [2.24, 2.45) is 0 Å². The Labute approximate surface area is 111 Å². The highest BCUT2D eigenvalue weighted by Gasteiger charge is 2.13. The fraction of sp³-hybridized carbons (Fsp3) is 0.231. The van der Waals surface area contributed by atoms with Crippen LogP contribution in [-0.2, 0) is 6.42 Å². The second kappa shape index (κ2) is 5.43. The molecule has 0 aliphatic carbocycles. The molecule has 0 spiro atoms. The highest BCUT2D eigenvalue weighted by Crippen LogP contribution is 2.22. The zero-order valence-corrected chi connectivity index (χ0v) is 10.9. The molecule has 1 heterocycles. The third-order valence-electron chi connectivity index (χ3n) is 2.72. The minimum Gasteiger partial charge on any atom is -0.496 e. The first-order chi connectivity index (χ1) is 9.13. The summed E-state index contributed by atoms with van der Waals surface area (Å²) < 4.78 is 5.14. The number of nitrogens with one attached hydrogen (secondary N) is 2. The second-order valence-corrected chi connectivity index (χ2v) is 4.05. The standard InChI is InChI=1S/C13H16N4O2/c1-3-9-7-12(17-16-9)15-13(18)10-5-4-8(14)6-11(10)19-2/h4-7H,3,14H2,1-2H3,(H2,15,16,17,18). The molecular weight excluding hydrogens is 244 g/mol. The Balaban J connectivity index is 2.20. The molecule has 0 radical (unpaired) electrons. The van der Waals surface area contributed by atoms with Gasteiger partial charge in [-0.05, 0) is 18.6 Å². The van der Waals surface area contributed by atoms with Gasteiger partial charge in [-0.2, -0.15) is 5.10 Å². The maximum absolute atomic E-state index is 12.1. The number of aromatic nitrogens is 2. The normalized spacial score (nSPS) is 10.2. The zero-order chi connectivity index (χ0) is 13.8. The Hall–Kier alpha value is -2.50. The number of nitrogen functional groups attached to an aromatic ring is 1. The first-order valence-electron chi connectivity index (χ1n) is 5.93. The molecule has 0 unspecified atom stereocenters. The van der Waals surface area contributed by atoms with E-state index >= 15 is 0 Å². The lowest BCUT2D eigenvalue weighted by Gasteiger charge is -2.08. The number of hydrogen-bond donors (Lipinski definition) is 3. The molecule has 4 N–H and O–H groups in total. The van der Waals surface area contributed by atoms with Gasteiger partial charge in [-0.3, -0.25) is 9.89 Å². The molecule has 6 heteroatoms. The van der Waals surface area contributed by atoms with Crippen LogP contribution in [0.2, 0.25) is 0 Å². The summed E-state index contributed by atoms with van der Waals surface area (Å²) in [6.45, 7) is 2.00. The van der Waals surface area contributed by atoms with E-state index in [2.05, 4.69) is 15.5 Å². The largest absolute Gasteiger partial charge is 0.496 e. The number of aryl methyl sites for hydroxylation is 1. The van der Waals surface area contributed by atoms with Crippen LogP contribution < -0.4 is 15.8 Å². The summed E-state index contributed by atoms with van der Waals surface area (Å²) in [5.74, 6) is 0.635. The van der Waals surface area contributed by atoms with Gasteiger partial charge in [-0.25, -0.2) is 0 Å². The van der Waals surface area contributed by atoms with E-state index in [4.69, 9.17) is 10.5 Å². The van der Waals surface area contributed by atoms with E-state index in [1.165, 1.54) is 7.11 Å². The zero-order valence-electron chi connectivity index (χ0n) is 10.9. The van der Waals surface area contributed by atoms with Crippen molar-refractivity contribution >= 4 is 17.4 Å². The third-order valence-corrected chi connectivity index (χ3v) is 2.72. The minimum atomic E-state index is -0.286. The molecule has 1 aromatic heterocycles. The number of methoxy groups -OCH3 is 1. The molecule has 100 valence electrons. The van der Waals surface area contributed by atoms with E-state index in [9.17, 15) is 4.79 Å². The number of benzene rings is 1. The molecule has 0 saturated carbocycles. The number of rotatable bonds is 4. The molecule has 0 aliphatic rings. The molecule has 2 aromatic rings. The quantitative estimate of drug-likeness (QED) is 0.731. The van der Waals surface area contributed by atoms with Crippen LogP contribution in [0.4, 0.5) is 11.5 Å². The van der Waals surface area contributed by atoms with Crippen molar-refractivity contribution in [1.82, 2.24) is 10.2 Å². The Morgan fingerprint density at radius 2 is 2.26 bits per heavy atom. The van der Waals surface area contributed by atoms with Crippen molar-refractivity contribution in [3.8, 4) is 5.75 Å². The summed E-state index contributed by atoms with van der Waals surface area (Å²) in [6, 6.07) is 6.68. The number of nitrogens with zero attached hydrogens (tertiary/aromatic N) is 1. The Bertz CT molecular complexity index is 592. The lowest BCUT2D eigenvalue weighted by molar-refractivity contribution is 0.102. The predicted octanol–water partition coefficient (Wildman–Crippen LogP) is 1.82. The number of anilines is 2.